The Kier molecular flexibility index (Phi) is 3.79. The van der Waals surface area contributed by atoms with Crippen molar-refractivity contribution in [2.45, 2.75) is 6.04 Å². The van der Waals surface area contributed by atoms with Gasteiger partial charge >= 0.3 is 0 Å². The molecule has 94 valence electrons. The molecule has 0 amide bonds. The van der Waals surface area contributed by atoms with Gasteiger partial charge in [-0.2, -0.15) is 0 Å². The molecule has 0 aliphatic carbocycles. The van der Waals surface area contributed by atoms with Crippen molar-refractivity contribution in [3.8, 4) is 5.75 Å². The van der Waals surface area contributed by atoms with E-state index in [1.807, 2.05) is 0 Å². The van der Waals surface area contributed by atoms with E-state index in [1.165, 1.54) is 19.4 Å². The van der Waals surface area contributed by atoms with Crippen LogP contribution < -0.4 is 10.5 Å². The summed E-state index contributed by atoms with van der Waals surface area (Å²) in [6, 6.07) is 7.52. The van der Waals surface area contributed by atoms with Gasteiger partial charge in [0.15, 0.2) is 11.6 Å². The van der Waals surface area contributed by atoms with Crippen LogP contribution in [0.15, 0.2) is 36.5 Å². The van der Waals surface area contributed by atoms with Crippen LogP contribution in [0, 0.1) is 5.82 Å². The maximum atomic E-state index is 13.6. The zero-order valence-electron chi connectivity index (χ0n) is 9.73. The quantitative estimate of drug-likeness (QED) is 0.929. The SMILES string of the molecule is COc1ccc(C(N)c2ccc(Cl)cn2)cc1F. The maximum Gasteiger partial charge on any atom is 0.165 e. The van der Waals surface area contributed by atoms with Crippen molar-refractivity contribution in [1.29, 1.82) is 0 Å². The molecule has 0 aliphatic rings. The highest BCUT2D eigenvalue weighted by molar-refractivity contribution is 6.30. The second-order valence-corrected chi connectivity index (χ2v) is 4.21. The lowest BCUT2D eigenvalue weighted by Gasteiger charge is -2.12. The van der Waals surface area contributed by atoms with Crippen LogP contribution in [-0.4, -0.2) is 12.1 Å². The number of hydrogen-bond acceptors (Lipinski definition) is 3. The first kappa shape index (κ1) is 12.8. The summed E-state index contributed by atoms with van der Waals surface area (Å²) in [6.45, 7) is 0. The van der Waals surface area contributed by atoms with Gasteiger partial charge in [0.2, 0.25) is 0 Å². The summed E-state index contributed by atoms with van der Waals surface area (Å²) in [7, 11) is 1.42. The fraction of sp³-hybridized carbons (Fsp3) is 0.154. The summed E-state index contributed by atoms with van der Waals surface area (Å²) < 4.78 is 18.4. The molecule has 0 saturated carbocycles. The van der Waals surface area contributed by atoms with Crippen LogP contribution in [0.2, 0.25) is 5.02 Å². The van der Waals surface area contributed by atoms with Crippen molar-refractivity contribution < 1.29 is 9.13 Å². The predicted octanol–water partition coefficient (Wildman–Crippen LogP) is 2.93. The highest BCUT2D eigenvalue weighted by atomic mass is 35.5. The number of aromatic nitrogens is 1. The third-order valence-corrected chi connectivity index (χ3v) is 2.83. The van der Waals surface area contributed by atoms with Gasteiger partial charge in [0.1, 0.15) is 0 Å². The third kappa shape index (κ3) is 2.60. The van der Waals surface area contributed by atoms with E-state index < -0.39 is 11.9 Å². The maximum absolute atomic E-state index is 13.6. The Bertz CT molecular complexity index is 545. The zero-order chi connectivity index (χ0) is 13.1. The van der Waals surface area contributed by atoms with Gasteiger partial charge in [-0.1, -0.05) is 17.7 Å². The lowest BCUT2D eigenvalue weighted by Crippen LogP contribution is -2.13. The third-order valence-electron chi connectivity index (χ3n) is 2.60. The Morgan fingerprint density at radius 3 is 2.67 bits per heavy atom. The molecule has 1 heterocycles. The Hall–Kier alpha value is -1.65. The average Bonchev–Trinajstić information content (AvgIpc) is 2.38. The van der Waals surface area contributed by atoms with Crippen LogP contribution in [0.4, 0.5) is 4.39 Å². The topological polar surface area (TPSA) is 48.1 Å². The molecule has 0 saturated heterocycles. The second-order valence-electron chi connectivity index (χ2n) is 3.77. The van der Waals surface area contributed by atoms with Crippen LogP contribution in [0.5, 0.6) is 5.75 Å². The summed E-state index contributed by atoms with van der Waals surface area (Å²) in [5, 5.41) is 0.534. The lowest BCUT2D eigenvalue weighted by molar-refractivity contribution is 0.386. The largest absolute Gasteiger partial charge is 0.494 e. The van der Waals surface area contributed by atoms with E-state index in [2.05, 4.69) is 4.98 Å². The Morgan fingerprint density at radius 1 is 1.33 bits per heavy atom. The minimum absolute atomic E-state index is 0.190. The van der Waals surface area contributed by atoms with Crippen LogP contribution in [0.3, 0.4) is 0 Å². The van der Waals surface area contributed by atoms with Gasteiger partial charge < -0.3 is 10.5 Å². The molecule has 2 rings (SSSR count). The molecule has 18 heavy (non-hydrogen) atoms. The zero-order valence-corrected chi connectivity index (χ0v) is 10.5. The normalized spacial score (nSPS) is 12.2. The molecule has 2 N–H and O–H groups in total. The first-order valence-corrected chi connectivity index (χ1v) is 5.70. The van der Waals surface area contributed by atoms with Crippen molar-refractivity contribution >= 4 is 11.6 Å². The number of methoxy groups -OCH3 is 1. The van der Waals surface area contributed by atoms with Crippen LogP contribution in [-0.2, 0) is 0 Å². The van der Waals surface area contributed by atoms with Crippen molar-refractivity contribution in [2.75, 3.05) is 7.11 Å². The highest BCUT2D eigenvalue weighted by Gasteiger charge is 2.13. The van der Waals surface area contributed by atoms with Crippen molar-refractivity contribution in [1.82, 2.24) is 4.98 Å². The Balaban J connectivity index is 2.31. The lowest BCUT2D eigenvalue weighted by atomic mass is 10.0. The van der Waals surface area contributed by atoms with Crippen LogP contribution in [0.1, 0.15) is 17.3 Å². The first-order valence-electron chi connectivity index (χ1n) is 5.32. The monoisotopic (exact) mass is 266 g/mol. The van der Waals surface area contributed by atoms with Crippen molar-refractivity contribution in [3.05, 3.63) is 58.6 Å². The highest BCUT2D eigenvalue weighted by Crippen LogP contribution is 2.24. The smallest absolute Gasteiger partial charge is 0.165 e. The summed E-state index contributed by atoms with van der Waals surface area (Å²) in [5.74, 6) is -0.255. The van der Waals surface area contributed by atoms with E-state index in [0.717, 1.165) is 0 Å². The van der Waals surface area contributed by atoms with Crippen molar-refractivity contribution in [3.63, 3.8) is 0 Å². The molecule has 1 unspecified atom stereocenters. The van der Waals surface area contributed by atoms with E-state index in [-0.39, 0.29) is 5.75 Å². The summed E-state index contributed by atoms with van der Waals surface area (Å²) in [4.78, 5) is 4.12. The van der Waals surface area contributed by atoms with E-state index in [1.54, 1.807) is 24.3 Å². The van der Waals surface area contributed by atoms with Gasteiger partial charge in [-0.05, 0) is 29.8 Å². The van der Waals surface area contributed by atoms with Gasteiger partial charge in [0, 0.05) is 6.20 Å². The van der Waals surface area contributed by atoms with Gasteiger partial charge in [0.05, 0.1) is 23.9 Å². The number of pyridine rings is 1. The summed E-state index contributed by atoms with van der Waals surface area (Å²) in [5.41, 5.74) is 7.27. The standard InChI is InChI=1S/C13H12ClFN2O/c1-18-12-5-2-8(6-10(12)15)13(16)11-4-3-9(14)7-17-11/h2-7,13H,16H2,1H3. The molecule has 5 heteroatoms. The molecule has 1 aromatic carbocycles. The fourth-order valence-electron chi connectivity index (χ4n) is 1.62. The molecule has 0 fully saturated rings. The molecule has 0 aliphatic heterocycles. The minimum Gasteiger partial charge on any atom is -0.494 e. The number of halogens is 2. The predicted molar refractivity (Wildman–Crippen MR) is 68.2 cm³/mol. The summed E-state index contributed by atoms with van der Waals surface area (Å²) >= 11 is 5.75. The number of benzene rings is 1. The second kappa shape index (κ2) is 5.33. The van der Waals surface area contributed by atoms with E-state index >= 15 is 0 Å². The number of rotatable bonds is 3. The molecule has 0 radical (unpaired) electrons. The van der Waals surface area contributed by atoms with Gasteiger partial charge in [-0.3, -0.25) is 4.98 Å². The molecular weight excluding hydrogens is 255 g/mol. The van der Waals surface area contributed by atoms with Gasteiger partial charge in [-0.25, -0.2) is 4.39 Å². The van der Waals surface area contributed by atoms with E-state index in [0.29, 0.717) is 16.3 Å². The Labute approximate surface area is 109 Å². The van der Waals surface area contributed by atoms with E-state index in [9.17, 15) is 4.39 Å². The molecular formula is C13H12ClFN2O. The number of nitrogens with zero attached hydrogens (tertiary/aromatic N) is 1. The number of nitrogens with two attached hydrogens (primary N) is 1. The number of hydrogen-bond donors (Lipinski definition) is 1. The first-order chi connectivity index (χ1) is 8.61. The van der Waals surface area contributed by atoms with Crippen LogP contribution >= 0.6 is 11.6 Å². The fourth-order valence-corrected chi connectivity index (χ4v) is 1.73. The van der Waals surface area contributed by atoms with E-state index in [4.69, 9.17) is 22.1 Å². The molecule has 2 aromatic rings. The van der Waals surface area contributed by atoms with Crippen molar-refractivity contribution in [2.24, 2.45) is 5.73 Å². The number of ether oxygens (including phenoxy) is 1. The molecule has 3 nitrogen and oxygen atoms in total. The average molecular weight is 267 g/mol. The van der Waals surface area contributed by atoms with Gasteiger partial charge in [-0.15, -0.1) is 0 Å². The minimum atomic E-state index is -0.498. The molecule has 0 bridgehead atoms. The summed E-state index contributed by atoms with van der Waals surface area (Å²) in [6.07, 6.45) is 1.51. The Morgan fingerprint density at radius 2 is 2.11 bits per heavy atom. The van der Waals surface area contributed by atoms with Crippen LogP contribution in [0.25, 0.3) is 0 Å². The molecule has 1 aromatic heterocycles. The van der Waals surface area contributed by atoms with Gasteiger partial charge in [0.25, 0.3) is 0 Å². The molecule has 1 atom stereocenters. The molecule has 0 spiro atoms.